The van der Waals surface area contributed by atoms with E-state index in [4.69, 9.17) is 39.5 Å². The number of rotatable bonds is 6. The highest BCUT2D eigenvalue weighted by Gasteiger charge is 2.21. The molecule has 0 aliphatic heterocycles. The molecular weight excluding hydrogens is 482 g/mol. The van der Waals surface area contributed by atoms with Gasteiger partial charge in [0, 0.05) is 12.1 Å². The van der Waals surface area contributed by atoms with E-state index in [1.807, 2.05) is 0 Å². The molecule has 0 saturated carbocycles. The standard InChI is InChI=1S/C18H10Cl3FN2O5S/c19-14-7-12(24(25)26)4-5-17(14)29-18-15(20)8-13(9-16(18)21)30(27,28)23-11-3-1-2-10(22)6-11/h1-9,23H. The van der Waals surface area contributed by atoms with E-state index in [0.29, 0.717) is 0 Å². The smallest absolute Gasteiger partial charge is 0.271 e. The third-order valence-corrected chi connectivity index (χ3v) is 5.91. The van der Waals surface area contributed by atoms with Gasteiger partial charge in [0.15, 0.2) is 5.75 Å². The van der Waals surface area contributed by atoms with Crippen LogP contribution in [0.3, 0.4) is 0 Å². The van der Waals surface area contributed by atoms with E-state index < -0.39 is 20.8 Å². The van der Waals surface area contributed by atoms with Crippen LogP contribution in [0, 0.1) is 15.9 Å². The maximum Gasteiger partial charge on any atom is 0.271 e. The summed E-state index contributed by atoms with van der Waals surface area (Å²) >= 11 is 18.3. The second-order valence-corrected chi connectivity index (χ2v) is 8.71. The summed E-state index contributed by atoms with van der Waals surface area (Å²) in [6.07, 6.45) is 0. The van der Waals surface area contributed by atoms with Gasteiger partial charge in [-0.05, 0) is 36.4 Å². The maximum atomic E-state index is 13.3. The van der Waals surface area contributed by atoms with Crippen molar-refractivity contribution in [1.82, 2.24) is 0 Å². The Hall–Kier alpha value is -2.59. The molecule has 0 aromatic heterocycles. The Labute approximate surface area is 185 Å². The molecule has 0 amide bonds. The van der Waals surface area contributed by atoms with Gasteiger partial charge in [-0.1, -0.05) is 40.9 Å². The minimum Gasteiger partial charge on any atom is -0.453 e. The van der Waals surface area contributed by atoms with Crippen LogP contribution in [0.1, 0.15) is 0 Å². The highest BCUT2D eigenvalue weighted by atomic mass is 35.5. The number of non-ortho nitro benzene ring substituents is 1. The number of ether oxygens (including phenoxy) is 1. The number of nitrogens with zero attached hydrogens (tertiary/aromatic N) is 1. The van der Waals surface area contributed by atoms with Crippen molar-refractivity contribution < 1.29 is 22.5 Å². The van der Waals surface area contributed by atoms with Crippen molar-refractivity contribution in [3.8, 4) is 11.5 Å². The Morgan fingerprint density at radius 1 is 0.967 bits per heavy atom. The highest BCUT2D eigenvalue weighted by molar-refractivity contribution is 7.92. The molecule has 0 aliphatic rings. The third-order valence-electron chi connectivity index (χ3n) is 3.70. The first-order valence-corrected chi connectivity index (χ1v) is 10.6. The fourth-order valence-electron chi connectivity index (χ4n) is 2.35. The van der Waals surface area contributed by atoms with Crippen LogP contribution in [0.5, 0.6) is 11.5 Å². The lowest BCUT2D eigenvalue weighted by Crippen LogP contribution is -2.13. The molecule has 0 saturated heterocycles. The van der Waals surface area contributed by atoms with Crippen LogP contribution in [0.15, 0.2) is 59.5 Å². The molecule has 3 rings (SSSR count). The lowest BCUT2D eigenvalue weighted by atomic mass is 10.3. The zero-order chi connectivity index (χ0) is 22.1. The van der Waals surface area contributed by atoms with Crippen LogP contribution in [0.25, 0.3) is 0 Å². The third kappa shape index (κ3) is 4.93. The molecular formula is C18H10Cl3FN2O5S. The van der Waals surface area contributed by atoms with E-state index >= 15 is 0 Å². The number of anilines is 1. The van der Waals surface area contributed by atoms with Crippen LogP contribution >= 0.6 is 34.8 Å². The average molecular weight is 492 g/mol. The summed E-state index contributed by atoms with van der Waals surface area (Å²) in [5.74, 6) is -0.687. The van der Waals surface area contributed by atoms with Gasteiger partial charge in [0.05, 0.1) is 30.6 Å². The minimum absolute atomic E-state index is 0.0141. The molecule has 1 N–H and O–H groups in total. The highest BCUT2D eigenvalue weighted by Crippen LogP contribution is 2.41. The number of nitrogens with one attached hydrogen (secondary N) is 1. The Kier molecular flexibility index (Phi) is 6.37. The quantitative estimate of drug-likeness (QED) is 0.323. The van der Waals surface area contributed by atoms with Gasteiger partial charge in [-0.3, -0.25) is 14.8 Å². The van der Waals surface area contributed by atoms with E-state index in [-0.39, 0.29) is 42.8 Å². The average Bonchev–Trinajstić information content (AvgIpc) is 2.65. The molecule has 0 atom stereocenters. The van der Waals surface area contributed by atoms with Gasteiger partial charge < -0.3 is 4.74 Å². The number of sulfonamides is 1. The second kappa shape index (κ2) is 8.65. The molecule has 3 aromatic carbocycles. The Balaban J connectivity index is 1.91. The van der Waals surface area contributed by atoms with E-state index in [1.165, 1.54) is 30.3 Å². The van der Waals surface area contributed by atoms with Crippen molar-refractivity contribution in [3.63, 3.8) is 0 Å². The fraction of sp³-hybridized carbons (Fsp3) is 0. The molecule has 0 spiro atoms. The molecule has 3 aromatic rings. The Bertz CT molecular complexity index is 1230. The Morgan fingerprint density at radius 3 is 2.20 bits per heavy atom. The number of nitro benzene ring substituents is 1. The summed E-state index contributed by atoms with van der Waals surface area (Å²) in [5, 5.41) is 10.4. The molecule has 156 valence electrons. The summed E-state index contributed by atoms with van der Waals surface area (Å²) in [5.41, 5.74) is -0.227. The van der Waals surface area contributed by atoms with Crippen molar-refractivity contribution in [2.24, 2.45) is 0 Å². The number of halogens is 4. The lowest BCUT2D eigenvalue weighted by Gasteiger charge is -2.13. The summed E-state index contributed by atoms with van der Waals surface area (Å²) in [7, 11) is -4.13. The van der Waals surface area contributed by atoms with Crippen LogP contribution in [0.2, 0.25) is 15.1 Å². The molecule has 30 heavy (non-hydrogen) atoms. The molecule has 0 heterocycles. The summed E-state index contributed by atoms with van der Waals surface area (Å²) in [4.78, 5) is 9.88. The molecule has 0 bridgehead atoms. The van der Waals surface area contributed by atoms with E-state index in [0.717, 1.165) is 24.3 Å². The van der Waals surface area contributed by atoms with Gasteiger partial charge in [-0.25, -0.2) is 12.8 Å². The monoisotopic (exact) mass is 490 g/mol. The SMILES string of the molecule is O=[N+]([O-])c1ccc(Oc2c(Cl)cc(S(=O)(=O)Nc3cccc(F)c3)cc2Cl)c(Cl)c1. The zero-order valence-corrected chi connectivity index (χ0v) is 17.7. The van der Waals surface area contributed by atoms with Crippen LogP contribution < -0.4 is 9.46 Å². The van der Waals surface area contributed by atoms with Crippen molar-refractivity contribution in [3.05, 3.63) is 85.6 Å². The summed E-state index contributed by atoms with van der Waals surface area (Å²) in [6, 6.07) is 10.6. The first-order valence-electron chi connectivity index (χ1n) is 7.96. The number of hydrogen-bond donors (Lipinski definition) is 1. The predicted molar refractivity (Wildman–Crippen MR) is 112 cm³/mol. The van der Waals surface area contributed by atoms with E-state index in [1.54, 1.807) is 0 Å². The van der Waals surface area contributed by atoms with Crippen molar-refractivity contribution in [2.75, 3.05) is 4.72 Å². The van der Waals surface area contributed by atoms with Crippen LogP contribution in [-0.4, -0.2) is 13.3 Å². The number of benzene rings is 3. The lowest BCUT2D eigenvalue weighted by molar-refractivity contribution is -0.384. The molecule has 0 aliphatic carbocycles. The van der Waals surface area contributed by atoms with E-state index in [9.17, 15) is 22.9 Å². The first-order chi connectivity index (χ1) is 14.1. The number of nitro groups is 1. The molecule has 0 unspecified atom stereocenters. The molecule has 7 nitrogen and oxygen atoms in total. The van der Waals surface area contributed by atoms with Gasteiger partial charge in [0.25, 0.3) is 15.7 Å². The van der Waals surface area contributed by atoms with Crippen LogP contribution in [-0.2, 0) is 10.0 Å². The normalized spacial score (nSPS) is 11.2. The van der Waals surface area contributed by atoms with Crippen molar-refractivity contribution in [2.45, 2.75) is 4.90 Å². The first kappa shape index (κ1) is 22.1. The number of hydrogen-bond acceptors (Lipinski definition) is 5. The predicted octanol–water partition coefficient (Wildman–Crippen LogP) is 6.29. The summed E-state index contributed by atoms with van der Waals surface area (Å²) in [6.45, 7) is 0. The van der Waals surface area contributed by atoms with Crippen LogP contribution in [0.4, 0.5) is 15.8 Å². The molecule has 0 fully saturated rings. The Morgan fingerprint density at radius 2 is 1.63 bits per heavy atom. The van der Waals surface area contributed by atoms with Gasteiger partial charge in [-0.15, -0.1) is 0 Å². The van der Waals surface area contributed by atoms with E-state index in [2.05, 4.69) is 4.72 Å². The molecule has 12 heteroatoms. The summed E-state index contributed by atoms with van der Waals surface area (Å²) < 4.78 is 46.2. The maximum absolute atomic E-state index is 13.3. The fourth-order valence-corrected chi connectivity index (χ4v) is 4.36. The van der Waals surface area contributed by atoms with Gasteiger partial charge >= 0.3 is 0 Å². The van der Waals surface area contributed by atoms with Gasteiger partial charge in [0.2, 0.25) is 0 Å². The van der Waals surface area contributed by atoms with Gasteiger partial charge in [0.1, 0.15) is 11.6 Å². The largest absolute Gasteiger partial charge is 0.453 e. The topological polar surface area (TPSA) is 98.5 Å². The zero-order valence-electron chi connectivity index (χ0n) is 14.6. The van der Waals surface area contributed by atoms with Crippen molar-refractivity contribution >= 4 is 56.2 Å². The van der Waals surface area contributed by atoms with Crippen molar-refractivity contribution in [1.29, 1.82) is 0 Å². The molecule has 0 radical (unpaired) electrons. The minimum atomic E-state index is -4.13. The van der Waals surface area contributed by atoms with Gasteiger partial charge in [-0.2, -0.15) is 0 Å². The second-order valence-electron chi connectivity index (χ2n) is 5.81.